The van der Waals surface area contributed by atoms with Gasteiger partial charge in [0, 0.05) is 12.0 Å². The molecule has 1 amide bonds. The largest absolute Gasteiger partial charge is 0.433 e. The number of amides is 1. The number of nitrogens with zero attached hydrogens (tertiary/aromatic N) is 1. The van der Waals surface area contributed by atoms with Crippen LogP contribution in [0.3, 0.4) is 0 Å². The Morgan fingerprint density at radius 1 is 1.29 bits per heavy atom. The van der Waals surface area contributed by atoms with Gasteiger partial charge in [0.05, 0.1) is 11.3 Å². The summed E-state index contributed by atoms with van der Waals surface area (Å²) in [6, 6.07) is 2.08. The van der Waals surface area contributed by atoms with Gasteiger partial charge in [0.15, 0.2) is 0 Å². The van der Waals surface area contributed by atoms with E-state index in [0.29, 0.717) is 12.2 Å². The van der Waals surface area contributed by atoms with E-state index in [9.17, 15) is 18.0 Å². The number of carbonyl (C=O) groups is 1. The van der Waals surface area contributed by atoms with E-state index in [4.69, 9.17) is 0 Å². The first kappa shape index (κ1) is 10.6. The summed E-state index contributed by atoms with van der Waals surface area (Å²) in [6.07, 6.45) is -2.89. The zero-order chi connectivity index (χ0) is 12.3. The lowest BCUT2D eigenvalue weighted by Crippen LogP contribution is -2.40. The fourth-order valence-electron chi connectivity index (χ4n) is 2.20. The Bertz CT molecular complexity index is 506. The third-order valence-electron chi connectivity index (χ3n) is 3.37. The van der Waals surface area contributed by atoms with Crippen LogP contribution >= 0.6 is 0 Å². The van der Waals surface area contributed by atoms with Gasteiger partial charge in [-0.1, -0.05) is 0 Å². The van der Waals surface area contributed by atoms with Gasteiger partial charge in [0.1, 0.15) is 5.69 Å². The summed E-state index contributed by atoms with van der Waals surface area (Å²) in [5, 5.41) is 2.69. The van der Waals surface area contributed by atoms with Crippen LogP contribution in [0.2, 0.25) is 0 Å². The van der Waals surface area contributed by atoms with E-state index < -0.39 is 11.9 Å². The van der Waals surface area contributed by atoms with Crippen molar-refractivity contribution in [3.8, 4) is 0 Å². The lowest BCUT2D eigenvalue weighted by Gasteiger charge is -2.25. The van der Waals surface area contributed by atoms with Crippen molar-refractivity contribution >= 4 is 5.91 Å². The second-order valence-electron chi connectivity index (χ2n) is 4.55. The second-order valence-corrected chi connectivity index (χ2v) is 4.55. The van der Waals surface area contributed by atoms with Crippen molar-refractivity contribution in [3.05, 3.63) is 29.1 Å². The molecule has 0 unspecified atom stereocenters. The van der Waals surface area contributed by atoms with Gasteiger partial charge < -0.3 is 5.32 Å². The van der Waals surface area contributed by atoms with E-state index >= 15 is 0 Å². The minimum atomic E-state index is -4.46. The Morgan fingerprint density at radius 2 is 2.00 bits per heavy atom. The number of hydrogen-bond donors (Lipinski definition) is 1. The highest BCUT2D eigenvalue weighted by atomic mass is 19.4. The number of rotatable bonds is 0. The molecule has 1 aliphatic heterocycles. The Balaban J connectivity index is 2.15. The standard InChI is InChI=1S/C11H9F3N2O/c12-11(13,14)7-2-1-6-8(16-7)10(3-4-10)5-15-9(6)17/h1-2H,3-5H2,(H,15,17). The first-order valence-electron chi connectivity index (χ1n) is 5.29. The van der Waals surface area contributed by atoms with Gasteiger partial charge in [0.25, 0.3) is 5.91 Å². The molecule has 1 aromatic rings. The summed E-state index contributed by atoms with van der Waals surface area (Å²) in [5.74, 6) is -0.334. The molecule has 1 spiro atoms. The molecule has 6 heteroatoms. The minimum absolute atomic E-state index is 0.279. The molecule has 1 fully saturated rings. The highest BCUT2D eigenvalue weighted by Gasteiger charge is 2.51. The monoisotopic (exact) mass is 242 g/mol. The molecule has 1 saturated carbocycles. The van der Waals surface area contributed by atoms with Crippen LogP contribution in [-0.2, 0) is 11.6 Å². The van der Waals surface area contributed by atoms with E-state index in [-0.39, 0.29) is 16.9 Å². The molecule has 0 radical (unpaired) electrons. The quantitative estimate of drug-likeness (QED) is 0.754. The number of nitrogens with one attached hydrogen (secondary N) is 1. The van der Waals surface area contributed by atoms with Crippen molar-refractivity contribution in [2.45, 2.75) is 24.4 Å². The lowest BCUT2D eigenvalue weighted by atomic mass is 9.92. The van der Waals surface area contributed by atoms with Gasteiger partial charge in [-0.15, -0.1) is 0 Å². The fraction of sp³-hybridized carbons (Fsp3) is 0.455. The molecule has 2 aliphatic rings. The van der Waals surface area contributed by atoms with Crippen LogP contribution in [0.25, 0.3) is 0 Å². The lowest BCUT2D eigenvalue weighted by molar-refractivity contribution is -0.141. The Hall–Kier alpha value is -1.59. The van der Waals surface area contributed by atoms with Crippen LogP contribution in [0, 0.1) is 0 Å². The molecule has 1 aromatic heterocycles. The molecular formula is C11H9F3N2O. The van der Waals surface area contributed by atoms with Crippen LogP contribution in [-0.4, -0.2) is 17.4 Å². The second kappa shape index (κ2) is 3.00. The third kappa shape index (κ3) is 1.50. The molecule has 0 aromatic carbocycles. The molecule has 0 atom stereocenters. The average Bonchev–Trinajstić information content (AvgIpc) is 3.04. The SMILES string of the molecule is O=C1NCC2(CC2)c2nc(C(F)(F)F)ccc21. The molecule has 2 heterocycles. The van der Waals surface area contributed by atoms with Gasteiger partial charge in [-0.25, -0.2) is 4.98 Å². The maximum atomic E-state index is 12.6. The summed E-state index contributed by atoms with van der Waals surface area (Å²) >= 11 is 0. The van der Waals surface area contributed by atoms with Crippen molar-refractivity contribution in [1.29, 1.82) is 0 Å². The Morgan fingerprint density at radius 3 is 2.59 bits per heavy atom. The van der Waals surface area contributed by atoms with E-state index in [1.165, 1.54) is 6.07 Å². The first-order valence-corrected chi connectivity index (χ1v) is 5.29. The van der Waals surface area contributed by atoms with E-state index in [1.54, 1.807) is 0 Å². The number of halogens is 3. The molecule has 1 N–H and O–H groups in total. The molecule has 0 saturated heterocycles. The van der Waals surface area contributed by atoms with E-state index in [2.05, 4.69) is 10.3 Å². The number of carbonyl (C=O) groups excluding carboxylic acids is 1. The Kier molecular flexibility index (Phi) is 1.86. The van der Waals surface area contributed by atoms with Gasteiger partial charge >= 0.3 is 6.18 Å². The van der Waals surface area contributed by atoms with Gasteiger partial charge in [0.2, 0.25) is 0 Å². The minimum Gasteiger partial charge on any atom is -0.351 e. The summed E-state index contributed by atoms with van der Waals surface area (Å²) in [6.45, 7) is 0.396. The normalized spacial score (nSPS) is 21.0. The number of hydrogen-bond acceptors (Lipinski definition) is 2. The number of aromatic nitrogens is 1. The van der Waals surface area contributed by atoms with Gasteiger partial charge in [-0.2, -0.15) is 13.2 Å². The summed E-state index contributed by atoms with van der Waals surface area (Å²) in [7, 11) is 0. The fourth-order valence-corrected chi connectivity index (χ4v) is 2.20. The van der Waals surface area contributed by atoms with Crippen LogP contribution < -0.4 is 5.32 Å². The smallest absolute Gasteiger partial charge is 0.351 e. The molecule has 0 bridgehead atoms. The van der Waals surface area contributed by atoms with Gasteiger partial charge in [-0.3, -0.25) is 4.79 Å². The van der Waals surface area contributed by atoms with Crippen LogP contribution in [0.5, 0.6) is 0 Å². The first-order chi connectivity index (χ1) is 7.92. The van der Waals surface area contributed by atoms with Crippen molar-refractivity contribution in [1.82, 2.24) is 10.3 Å². The van der Waals surface area contributed by atoms with Crippen molar-refractivity contribution < 1.29 is 18.0 Å². The zero-order valence-corrected chi connectivity index (χ0v) is 8.77. The predicted octanol–water partition coefficient (Wildman–Crippen LogP) is 1.88. The summed E-state index contributed by atoms with van der Waals surface area (Å²) < 4.78 is 37.7. The van der Waals surface area contributed by atoms with Crippen molar-refractivity contribution in [2.24, 2.45) is 0 Å². The van der Waals surface area contributed by atoms with Crippen LogP contribution in [0.1, 0.15) is 34.6 Å². The zero-order valence-electron chi connectivity index (χ0n) is 8.77. The number of fused-ring (bicyclic) bond motifs is 2. The molecule has 1 aliphatic carbocycles. The number of pyridine rings is 1. The molecule has 90 valence electrons. The summed E-state index contributed by atoms with van der Waals surface area (Å²) in [4.78, 5) is 15.2. The third-order valence-corrected chi connectivity index (χ3v) is 3.37. The van der Waals surface area contributed by atoms with Crippen LogP contribution in [0.15, 0.2) is 12.1 Å². The highest BCUT2D eigenvalue weighted by Crippen LogP contribution is 2.50. The molecule has 3 nitrogen and oxygen atoms in total. The van der Waals surface area contributed by atoms with Gasteiger partial charge in [-0.05, 0) is 25.0 Å². The highest BCUT2D eigenvalue weighted by molar-refractivity contribution is 5.97. The number of alkyl halides is 3. The average molecular weight is 242 g/mol. The predicted molar refractivity (Wildman–Crippen MR) is 52.5 cm³/mol. The maximum absolute atomic E-state index is 12.6. The molecule has 17 heavy (non-hydrogen) atoms. The molecule has 3 rings (SSSR count). The Labute approximate surface area is 95.0 Å². The summed E-state index contributed by atoms with van der Waals surface area (Å²) in [5.41, 5.74) is -0.667. The maximum Gasteiger partial charge on any atom is 0.433 e. The van der Waals surface area contributed by atoms with Crippen molar-refractivity contribution in [2.75, 3.05) is 6.54 Å². The molecular weight excluding hydrogens is 233 g/mol. The van der Waals surface area contributed by atoms with E-state index in [1.807, 2.05) is 0 Å². The van der Waals surface area contributed by atoms with Crippen molar-refractivity contribution in [3.63, 3.8) is 0 Å². The van der Waals surface area contributed by atoms with Crippen LogP contribution in [0.4, 0.5) is 13.2 Å². The van der Waals surface area contributed by atoms with E-state index in [0.717, 1.165) is 18.9 Å². The topological polar surface area (TPSA) is 42.0 Å².